The maximum Gasteiger partial charge on any atom is 0.179 e. The highest BCUT2D eigenvalue weighted by molar-refractivity contribution is 14.1. The van der Waals surface area contributed by atoms with Crippen molar-refractivity contribution in [2.45, 2.75) is 11.8 Å². The molecule has 1 atom stereocenters. The highest BCUT2D eigenvalue weighted by atomic mass is 127. The van der Waals surface area contributed by atoms with Crippen molar-refractivity contribution in [1.82, 2.24) is 0 Å². The van der Waals surface area contributed by atoms with E-state index in [0.29, 0.717) is 0 Å². The Labute approximate surface area is 98.0 Å². The summed E-state index contributed by atoms with van der Waals surface area (Å²) < 4.78 is 14.0. The zero-order valence-electron chi connectivity index (χ0n) is 6.85. The van der Waals surface area contributed by atoms with Crippen LogP contribution in [0.2, 0.25) is 0 Å². The van der Waals surface area contributed by atoms with Crippen LogP contribution in [-0.4, -0.2) is 10.6 Å². The molecule has 4 heteroatoms. The van der Waals surface area contributed by atoms with Gasteiger partial charge in [-0.25, -0.2) is 4.39 Å². The van der Waals surface area contributed by atoms with E-state index in [9.17, 15) is 9.18 Å². The maximum atomic E-state index is 13.1. The quantitative estimate of drug-likeness (QED) is 0.451. The number of Topliss-reactive ketones (excluding diaryl/α,β-unsaturated/α-hetero) is 1. The van der Waals surface area contributed by atoms with Crippen molar-refractivity contribution >= 4 is 44.3 Å². The molecule has 1 aromatic carbocycles. The molecule has 0 aromatic heterocycles. The van der Waals surface area contributed by atoms with Crippen LogP contribution >= 0.6 is 38.5 Å². The minimum atomic E-state index is -0.461. The van der Waals surface area contributed by atoms with Gasteiger partial charge >= 0.3 is 0 Å². The first-order chi connectivity index (χ1) is 6.02. The van der Waals surface area contributed by atoms with Gasteiger partial charge in [0.25, 0.3) is 0 Å². The summed E-state index contributed by atoms with van der Waals surface area (Å²) >= 11 is 5.16. The molecule has 1 rings (SSSR count). The van der Waals surface area contributed by atoms with Crippen LogP contribution < -0.4 is 0 Å². The van der Waals surface area contributed by atoms with E-state index in [4.69, 9.17) is 0 Å². The molecular formula is C9H7BrFIO. The molecule has 0 saturated carbocycles. The Morgan fingerprint density at radius 3 is 2.77 bits per heavy atom. The maximum absolute atomic E-state index is 13.1. The van der Waals surface area contributed by atoms with Crippen LogP contribution in [0.3, 0.4) is 0 Å². The van der Waals surface area contributed by atoms with Crippen molar-refractivity contribution in [3.05, 3.63) is 33.1 Å². The number of hydrogen-bond donors (Lipinski definition) is 0. The molecule has 0 saturated heterocycles. The van der Waals surface area contributed by atoms with E-state index in [1.165, 1.54) is 6.07 Å². The third kappa shape index (κ3) is 2.74. The van der Waals surface area contributed by atoms with Gasteiger partial charge in [0, 0.05) is 3.57 Å². The zero-order valence-corrected chi connectivity index (χ0v) is 10.6. The van der Waals surface area contributed by atoms with Crippen LogP contribution in [0, 0.1) is 9.39 Å². The highest BCUT2D eigenvalue weighted by Gasteiger charge is 2.16. The normalized spacial score (nSPS) is 12.6. The van der Waals surface area contributed by atoms with E-state index in [1.807, 2.05) is 22.6 Å². The second-order valence-electron chi connectivity index (χ2n) is 2.60. The van der Waals surface area contributed by atoms with Crippen molar-refractivity contribution in [3.63, 3.8) is 0 Å². The third-order valence-corrected chi connectivity index (χ3v) is 2.64. The van der Waals surface area contributed by atoms with Gasteiger partial charge in [0.1, 0.15) is 5.82 Å². The summed E-state index contributed by atoms with van der Waals surface area (Å²) in [5.74, 6) is -0.687. The van der Waals surface area contributed by atoms with Gasteiger partial charge in [0.2, 0.25) is 0 Å². The SMILES string of the molecule is CC(Br)C(=O)c1cc(I)ccc1F. The second kappa shape index (κ2) is 4.50. The van der Waals surface area contributed by atoms with E-state index in [-0.39, 0.29) is 16.2 Å². The van der Waals surface area contributed by atoms with Gasteiger partial charge < -0.3 is 0 Å². The Balaban J connectivity index is 3.13. The van der Waals surface area contributed by atoms with Crippen LogP contribution in [0.15, 0.2) is 18.2 Å². The van der Waals surface area contributed by atoms with Gasteiger partial charge in [0.05, 0.1) is 10.4 Å². The monoisotopic (exact) mass is 356 g/mol. The summed E-state index contributed by atoms with van der Waals surface area (Å²) in [6.07, 6.45) is 0. The smallest absolute Gasteiger partial charge is 0.179 e. The molecule has 0 heterocycles. The first-order valence-electron chi connectivity index (χ1n) is 3.65. The average molecular weight is 357 g/mol. The summed E-state index contributed by atoms with van der Waals surface area (Å²) in [5, 5.41) is 0. The van der Waals surface area contributed by atoms with Crippen molar-refractivity contribution in [2.24, 2.45) is 0 Å². The number of carbonyl (C=O) groups excluding carboxylic acids is 1. The fraction of sp³-hybridized carbons (Fsp3) is 0.222. The molecule has 1 aromatic rings. The van der Waals surface area contributed by atoms with Crippen LogP contribution in [0.1, 0.15) is 17.3 Å². The van der Waals surface area contributed by atoms with Crippen LogP contribution in [-0.2, 0) is 0 Å². The third-order valence-electron chi connectivity index (χ3n) is 1.56. The molecule has 0 aliphatic carbocycles. The average Bonchev–Trinajstić information content (AvgIpc) is 2.08. The van der Waals surface area contributed by atoms with Gasteiger partial charge in [-0.3, -0.25) is 4.79 Å². The molecular weight excluding hydrogens is 350 g/mol. The minimum absolute atomic E-state index is 0.149. The molecule has 0 aliphatic rings. The van der Waals surface area contributed by atoms with Crippen LogP contribution in [0.5, 0.6) is 0 Å². The molecule has 0 N–H and O–H groups in total. The predicted octanol–water partition coefficient (Wildman–Crippen LogP) is 3.40. The van der Waals surface area contributed by atoms with Gasteiger partial charge in [0.15, 0.2) is 5.78 Å². The predicted molar refractivity (Wildman–Crippen MR) is 61.8 cm³/mol. The Hall–Kier alpha value is 0.0300. The number of ketones is 1. The van der Waals surface area contributed by atoms with Gasteiger partial charge in [-0.15, -0.1) is 0 Å². The molecule has 0 radical (unpaired) electrons. The molecule has 0 fully saturated rings. The standard InChI is InChI=1S/C9H7BrFIO/c1-5(10)9(13)7-4-6(12)2-3-8(7)11/h2-5H,1H3. The molecule has 0 amide bonds. The first-order valence-corrected chi connectivity index (χ1v) is 5.65. The minimum Gasteiger partial charge on any atom is -0.293 e. The fourth-order valence-electron chi connectivity index (χ4n) is 0.901. The van der Waals surface area contributed by atoms with Gasteiger partial charge in [-0.05, 0) is 47.7 Å². The van der Waals surface area contributed by atoms with E-state index in [2.05, 4.69) is 15.9 Å². The van der Waals surface area contributed by atoms with Gasteiger partial charge in [-0.2, -0.15) is 0 Å². The molecule has 0 aliphatic heterocycles. The van der Waals surface area contributed by atoms with E-state index in [0.717, 1.165) is 3.57 Å². The fourth-order valence-corrected chi connectivity index (χ4v) is 1.64. The highest BCUT2D eigenvalue weighted by Crippen LogP contribution is 2.16. The molecule has 1 nitrogen and oxygen atoms in total. The number of halogens is 3. The van der Waals surface area contributed by atoms with Crippen molar-refractivity contribution in [1.29, 1.82) is 0 Å². The second-order valence-corrected chi connectivity index (χ2v) is 5.22. The Morgan fingerprint density at radius 1 is 1.62 bits per heavy atom. The lowest BCUT2D eigenvalue weighted by Crippen LogP contribution is -2.12. The largest absolute Gasteiger partial charge is 0.293 e. The van der Waals surface area contributed by atoms with Crippen LogP contribution in [0.4, 0.5) is 4.39 Å². The Kier molecular flexibility index (Phi) is 3.85. The molecule has 0 bridgehead atoms. The van der Waals surface area contributed by atoms with Gasteiger partial charge in [-0.1, -0.05) is 15.9 Å². The lowest BCUT2D eigenvalue weighted by atomic mass is 10.1. The summed E-state index contributed by atoms with van der Waals surface area (Å²) in [4.78, 5) is 11.1. The number of carbonyl (C=O) groups is 1. The Bertz CT molecular complexity index is 338. The summed E-state index contributed by atoms with van der Waals surface area (Å²) in [6.45, 7) is 1.68. The topological polar surface area (TPSA) is 17.1 Å². The number of hydrogen-bond acceptors (Lipinski definition) is 1. The molecule has 70 valence electrons. The van der Waals surface area contributed by atoms with E-state index in [1.54, 1.807) is 19.1 Å². The number of benzene rings is 1. The van der Waals surface area contributed by atoms with Crippen LogP contribution in [0.25, 0.3) is 0 Å². The van der Waals surface area contributed by atoms with Crippen molar-refractivity contribution in [2.75, 3.05) is 0 Å². The van der Waals surface area contributed by atoms with Crippen molar-refractivity contribution in [3.8, 4) is 0 Å². The molecule has 0 spiro atoms. The zero-order chi connectivity index (χ0) is 10.0. The van der Waals surface area contributed by atoms with E-state index < -0.39 is 5.82 Å². The number of rotatable bonds is 2. The summed E-state index contributed by atoms with van der Waals surface area (Å²) in [7, 11) is 0. The molecule has 1 unspecified atom stereocenters. The lowest BCUT2D eigenvalue weighted by Gasteiger charge is -2.04. The number of alkyl halides is 1. The van der Waals surface area contributed by atoms with E-state index >= 15 is 0 Å². The summed E-state index contributed by atoms with van der Waals surface area (Å²) in [6, 6.07) is 4.49. The summed E-state index contributed by atoms with van der Waals surface area (Å²) in [5.41, 5.74) is 0.149. The lowest BCUT2D eigenvalue weighted by molar-refractivity contribution is 0.0992. The Morgan fingerprint density at radius 2 is 2.23 bits per heavy atom. The van der Waals surface area contributed by atoms with Crippen molar-refractivity contribution < 1.29 is 9.18 Å². The molecule has 13 heavy (non-hydrogen) atoms. The first kappa shape index (κ1) is 11.1.